The molecule has 0 aliphatic carbocycles. The number of carboxylic acid groups (broad SMARTS) is 1. The maximum atomic E-state index is 14.6. The third kappa shape index (κ3) is 18.0. The van der Waals surface area contributed by atoms with Crippen molar-refractivity contribution in [1.29, 1.82) is 0 Å². The number of amides is 7. The molecule has 21 heteroatoms. The molecule has 1 aliphatic heterocycles. The fourth-order valence-electron chi connectivity index (χ4n) is 8.01. The standard InChI is InChI=1S/C49H75N11O10/c1-8-29(5)40(46(67)56-36(26-31-15-11-10-12-16-31)47(68)60-24-14-18-37(60)44(65)59-41(48(69)70)30(6)9-2)58-43(64)35(25-32-19-21-33(61)22-20-32)55-45(66)39(28(3)4)57-42(63)34(54-38(62)27-52-7)17-13-23-53-49(50)51/h10-12,15-16,19-22,28-30,34-37,39-41,52,61H,8-9,13-14,17-18,23-27H2,1-7H3,(H,54,62)(H,55,66)(H,56,67)(H,57,63)(H,58,64)(H,59,65)(H,69,70)(H4,50,51,53)/t29-,30-,34-,35-,36-,37-,39-,40-,41-/m0/s1. The summed E-state index contributed by atoms with van der Waals surface area (Å²) < 4.78 is 0. The maximum Gasteiger partial charge on any atom is 0.326 e. The Morgan fingerprint density at radius 3 is 1.84 bits per heavy atom. The highest BCUT2D eigenvalue weighted by molar-refractivity contribution is 5.98. The summed E-state index contributed by atoms with van der Waals surface area (Å²) >= 11 is 0. The van der Waals surface area contributed by atoms with E-state index in [1.807, 2.05) is 13.8 Å². The number of likely N-dealkylation sites (N-methyl/N-ethyl adjacent to an activating group) is 1. The second kappa shape index (κ2) is 28.7. The number of aromatic hydroxyl groups is 1. The van der Waals surface area contributed by atoms with Gasteiger partial charge >= 0.3 is 5.97 Å². The maximum absolute atomic E-state index is 14.6. The number of likely N-dealkylation sites (tertiary alicyclic amines) is 1. The van der Waals surface area contributed by atoms with Crippen molar-refractivity contribution in [1.82, 2.24) is 42.1 Å². The number of carbonyl (C=O) groups is 8. The minimum atomic E-state index is -1.34. The Kier molecular flexibility index (Phi) is 23.6. The fraction of sp³-hybridized carbons (Fsp3) is 0.571. The molecule has 21 nitrogen and oxygen atoms in total. The van der Waals surface area contributed by atoms with Crippen LogP contribution in [0.4, 0.5) is 0 Å². The molecule has 0 saturated carbocycles. The second-order valence-electron chi connectivity index (χ2n) is 18.3. The summed E-state index contributed by atoms with van der Waals surface area (Å²) in [7, 11) is 1.57. The molecule has 2 aromatic rings. The molecule has 3 rings (SSSR count). The smallest absolute Gasteiger partial charge is 0.326 e. The predicted octanol–water partition coefficient (Wildman–Crippen LogP) is 0.183. The normalized spacial score (nSPS) is 16.7. The third-order valence-electron chi connectivity index (χ3n) is 12.5. The van der Waals surface area contributed by atoms with E-state index in [1.54, 1.807) is 77.2 Å². The summed E-state index contributed by atoms with van der Waals surface area (Å²) in [4.78, 5) is 115. The van der Waals surface area contributed by atoms with Crippen molar-refractivity contribution in [2.45, 2.75) is 135 Å². The van der Waals surface area contributed by atoms with E-state index in [0.29, 0.717) is 36.8 Å². The van der Waals surface area contributed by atoms with Gasteiger partial charge in [0.25, 0.3) is 0 Å². The van der Waals surface area contributed by atoms with Crippen LogP contribution in [0.2, 0.25) is 0 Å². The van der Waals surface area contributed by atoms with E-state index in [-0.39, 0.29) is 62.9 Å². The lowest BCUT2D eigenvalue weighted by atomic mass is 9.95. The van der Waals surface area contributed by atoms with E-state index < -0.39 is 101 Å². The van der Waals surface area contributed by atoms with Gasteiger partial charge in [-0.05, 0) is 73.7 Å². The van der Waals surface area contributed by atoms with E-state index >= 15 is 0 Å². The van der Waals surface area contributed by atoms with E-state index in [4.69, 9.17) is 11.5 Å². The molecular weight excluding hydrogens is 903 g/mol. The van der Waals surface area contributed by atoms with E-state index in [9.17, 15) is 48.6 Å². The van der Waals surface area contributed by atoms with Gasteiger partial charge in [0.05, 0.1) is 6.54 Å². The van der Waals surface area contributed by atoms with Gasteiger partial charge in [0, 0.05) is 25.9 Å². The summed E-state index contributed by atoms with van der Waals surface area (Å²) in [6, 6.07) is 6.71. The number of guanidine groups is 1. The van der Waals surface area contributed by atoms with Gasteiger partial charge in [-0.25, -0.2) is 4.79 Å². The first-order chi connectivity index (χ1) is 33.2. The Hall–Kier alpha value is -6.77. The molecule has 13 N–H and O–H groups in total. The van der Waals surface area contributed by atoms with Gasteiger partial charge in [0.15, 0.2) is 5.96 Å². The van der Waals surface area contributed by atoms with Gasteiger partial charge in [0.2, 0.25) is 41.4 Å². The number of benzene rings is 2. The van der Waals surface area contributed by atoms with Crippen LogP contribution in [0.1, 0.15) is 91.2 Å². The number of aliphatic imine (C=N–C) groups is 1. The van der Waals surface area contributed by atoms with Gasteiger partial charge < -0.3 is 63.8 Å². The average molecular weight is 978 g/mol. The second-order valence-corrected chi connectivity index (χ2v) is 18.3. The first-order valence-corrected chi connectivity index (χ1v) is 24.1. The lowest BCUT2D eigenvalue weighted by Gasteiger charge is -2.32. The average Bonchev–Trinajstić information content (AvgIpc) is 3.82. The first-order valence-electron chi connectivity index (χ1n) is 24.1. The number of phenolic OH excluding ortho intramolecular Hbond substituents is 1. The molecule has 70 heavy (non-hydrogen) atoms. The molecule has 1 fully saturated rings. The molecule has 0 aromatic heterocycles. The highest BCUT2D eigenvalue weighted by Crippen LogP contribution is 2.22. The van der Waals surface area contributed by atoms with Crippen LogP contribution in [0, 0.1) is 17.8 Å². The van der Waals surface area contributed by atoms with Crippen molar-refractivity contribution < 1.29 is 48.6 Å². The van der Waals surface area contributed by atoms with Gasteiger partial charge in [-0.1, -0.05) is 96.8 Å². The van der Waals surface area contributed by atoms with Gasteiger partial charge in [-0.3, -0.25) is 38.6 Å². The zero-order valence-corrected chi connectivity index (χ0v) is 41.5. The molecule has 1 saturated heterocycles. The molecule has 0 radical (unpaired) electrons. The predicted molar refractivity (Wildman–Crippen MR) is 263 cm³/mol. The Morgan fingerprint density at radius 1 is 0.700 bits per heavy atom. The highest BCUT2D eigenvalue weighted by atomic mass is 16.4. The quantitative estimate of drug-likeness (QED) is 0.0309. The van der Waals surface area contributed by atoms with Crippen LogP contribution < -0.4 is 48.7 Å². The monoisotopic (exact) mass is 978 g/mol. The zero-order valence-electron chi connectivity index (χ0n) is 41.5. The lowest BCUT2D eigenvalue weighted by molar-refractivity contribution is -0.146. The molecule has 9 atom stereocenters. The van der Waals surface area contributed by atoms with Crippen LogP contribution in [0.15, 0.2) is 59.6 Å². The number of rotatable bonds is 28. The lowest BCUT2D eigenvalue weighted by Crippen LogP contribution is -2.62. The van der Waals surface area contributed by atoms with Crippen LogP contribution in [-0.4, -0.2) is 137 Å². The number of hydrogen-bond donors (Lipinski definition) is 11. The number of nitrogens with zero attached hydrogens (tertiary/aromatic N) is 2. The third-order valence-corrected chi connectivity index (χ3v) is 12.5. The molecule has 7 amide bonds. The molecular formula is C49H75N11O10. The van der Waals surface area contributed by atoms with Crippen molar-refractivity contribution in [3.8, 4) is 5.75 Å². The fourth-order valence-corrected chi connectivity index (χ4v) is 8.01. The number of nitrogens with two attached hydrogens (primary N) is 2. The van der Waals surface area contributed by atoms with Crippen molar-refractivity contribution in [3.05, 3.63) is 65.7 Å². The van der Waals surface area contributed by atoms with Gasteiger partial charge in [-0.15, -0.1) is 0 Å². The molecule has 2 aromatic carbocycles. The highest BCUT2D eigenvalue weighted by Gasteiger charge is 2.41. The number of nitrogens with one attached hydrogen (secondary N) is 7. The Balaban J connectivity index is 1.94. The molecule has 1 aliphatic rings. The Morgan fingerprint density at radius 2 is 1.26 bits per heavy atom. The van der Waals surface area contributed by atoms with Crippen molar-refractivity contribution >= 4 is 53.3 Å². The van der Waals surface area contributed by atoms with Gasteiger partial charge in [0.1, 0.15) is 48.0 Å². The number of carbonyl (C=O) groups excluding carboxylic acids is 7. The van der Waals surface area contributed by atoms with Crippen molar-refractivity contribution in [3.63, 3.8) is 0 Å². The van der Waals surface area contributed by atoms with Crippen LogP contribution in [0.3, 0.4) is 0 Å². The minimum Gasteiger partial charge on any atom is -0.508 e. The number of carboxylic acids is 1. The SMILES string of the molecule is CC[C@H](C)[C@H](NC(=O)[C@@H]1CCCN1C(=O)[C@H](Cc1ccccc1)NC(=O)[C@@H](NC(=O)[C@H](Cc1ccc(O)cc1)NC(=O)[C@@H](NC(=O)[C@H](CCCN=C(N)N)NC(=O)CNC)C(C)C)[C@@H](C)CC)C(=O)O. The molecule has 0 spiro atoms. The summed E-state index contributed by atoms with van der Waals surface area (Å²) in [5, 5.41) is 39.1. The number of aliphatic carboxylic acids is 1. The topological polar surface area (TPSA) is 329 Å². The summed E-state index contributed by atoms with van der Waals surface area (Å²) in [5.41, 5.74) is 12.1. The van der Waals surface area contributed by atoms with E-state index in [0.717, 1.165) is 0 Å². The summed E-state index contributed by atoms with van der Waals surface area (Å²) in [6.45, 7) is 10.8. The largest absolute Gasteiger partial charge is 0.508 e. The first kappa shape index (κ1) is 57.5. The van der Waals surface area contributed by atoms with Gasteiger partial charge in [-0.2, -0.15) is 0 Å². The molecule has 0 unspecified atom stereocenters. The number of phenols is 1. The molecule has 386 valence electrons. The molecule has 0 bridgehead atoms. The Labute approximate surface area is 410 Å². The van der Waals surface area contributed by atoms with Crippen LogP contribution >= 0.6 is 0 Å². The number of hydrogen-bond acceptors (Lipinski definition) is 11. The van der Waals surface area contributed by atoms with Crippen LogP contribution in [0.5, 0.6) is 5.75 Å². The van der Waals surface area contributed by atoms with Crippen LogP contribution in [-0.2, 0) is 51.2 Å². The van der Waals surface area contributed by atoms with E-state index in [1.165, 1.54) is 17.0 Å². The summed E-state index contributed by atoms with van der Waals surface area (Å²) in [5.74, 6) is -7.24. The van der Waals surface area contributed by atoms with Crippen LogP contribution in [0.25, 0.3) is 0 Å². The summed E-state index contributed by atoms with van der Waals surface area (Å²) in [6.07, 6.45) is 2.02. The Bertz CT molecular complexity index is 2100. The molecule has 1 heterocycles. The van der Waals surface area contributed by atoms with Crippen molar-refractivity contribution in [2.24, 2.45) is 34.2 Å². The van der Waals surface area contributed by atoms with E-state index in [2.05, 4.69) is 42.2 Å². The minimum absolute atomic E-state index is 0.0280. The zero-order chi connectivity index (χ0) is 52.1. The van der Waals surface area contributed by atoms with Crippen molar-refractivity contribution in [2.75, 3.05) is 26.7 Å².